The molecule has 2 saturated carbocycles. The van der Waals surface area contributed by atoms with Gasteiger partial charge in [-0.25, -0.2) is 0 Å². The second-order valence-electron chi connectivity index (χ2n) is 8.29. The summed E-state index contributed by atoms with van der Waals surface area (Å²) in [6.45, 7) is 4.00. The zero-order chi connectivity index (χ0) is 26.3. The van der Waals surface area contributed by atoms with Gasteiger partial charge in [-0.1, -0.05) is 62.0 Å². The van der Waals surface area contributed by atoms with Crippen molar-refractivity contribution < 1.29 is 19.5 Å². The Labute approximate surface area is 222 Å². The average molecular weight is 529 g/mol. The highest BCUT2D eigenvalue weighted by Crippen LogP contribution is 2.59. The van der Waals surface area contributed by atoms with E-state index < -0.39 is 0 Å². The average Bonchev–Trinajstić information content (AvgIpc) is 3.55. The lowest BCUT2D eigenvalue weighted by atomic mass is 9.85. The summed E-state index contributed by atoms with van der Waals surface area (Å²) in [7, 11) is 1.97. The van der Waals surface area contributed by atoms with E-state index in [1.807, 2.05) is 44.8 Å². The minimum Gasteiger partial charge on any atom is -0.508 e. The fourth-order valence-electron chi connectivity index (χ4n) is 4.87. The number of nitrogens with one attached hydrogen (secondary N) is 1. The summed E-state index contributed by atoms with van der Waals surface area (Å²) in [6.07, 6.45) is 6.40. The maximum absolute atomic E-state index is 10.7. The number of benzene rings is 2. The molecular formula is C28H36N2O4S2. The van der Waals surface area contributed by atoms with E-state index in [2.05, 4.69) is 5.32 Å². The first-order valence-electron chi connectivity index (χ1n) is 12.3. The summed E-state index contributed by atoms with van der Waals surface area (Å²) < 4.78 is 0. The number of anilines is 1. The Morgan fingerprint density at radius 2 is 1.53 bits per heavy atom. The maximum Gasteiger partial charge on any atom is 0.220 e. The number of hydrogen-bond acceptors (Lipinski definition) is 7. The van der Waals surface area contributed by atoms with Crippen LogP contribution in [0.2, 0.25) is 0 Å². The standard InChI is InChI=1S/C12H17NOS2.C8H7NO2.C6H6O.C2H6/c1-13-12-10(15-6-14)5-9-7-2-3-8(4-7)11(9)16-12;10-6-9(7-11)8-4-2-1-3-5-8;7-6-4-2-1-3-5-6;1-2/h6-9,11,13H,2-5H2,1H3;1-7H;1-5,7H;1-2H3/t7-,8?,9+,11-;;;/m1.../s1. The molecule has 8 heteroatoms. The molecule has 2 aromatic carbocycles. The van der Waals surface area contributed by atoms with Crippen molar-refractivity contribution in [1.82, 2.24) is 5.32 Å². The number of thioether (sulfide) groups is 2. The van der Waals surface area contributed by atoms with E-state index in [0.29, 0.717) is 24.3 Å². The third-order valence-electron chi connectivity index (χ3n) is 6.39. The monoisotopic (exact) mass is 528 g/mol. The quantitative estimate of drug-likeness (QED) is 0.440. The molecule has 2 amide bonds. The van der Waals surface area contributed by atoms with Crippen molar-refractivity contribution in [3.63, 3.8) is 0 Å². The van der Waals surface area contributed by atoms with Crippen LogP contribution in [0.4, 0.5) is 5.69 Å². The molecule has 0 saturated heterocycles. The molecule has 2 fully saturated rings. The number of phenolic OH excluding ortho intramolecular Hbond substituents is 1. The van der Waals surface area contributed by atoms with Gasteiger partial charge < -0.3 is 10.4 Å². The number of carbonyl (C=O) groups is 3. The molecular weight excluding hydrogens is 492 g/mol. The highest BCUT2D eigenvalue weighted by Gasteiger charge is 2.50. The van der Waals surface area contributed by atoms with Gasteiger partial charge in [0.1, 0.15) is 5.75 Å². The van der Waals surface area contributed by atoms with E-state index >= 15 is 0 Å². The maximum atomic E-state index is 10.7. The van der Waals surface area contributed by atoms with E-state index in [9.17, 15) is 14.4 Å². The van der Waals surface area contributed by atoms with E-state index in [1.54, 1.807) is 48.5 Å². The van der Waals surface area contributed by atoms with Gasteiger partial charge in [0.25, 0.3) is 0 Å². The summed E-state index contributed by atoms with van der Waals surface area (Å²) in [5.74, 6) is 3.07. The van der Waals surface area contributed by atoms with Gasteiger partial charge in [0.2, 0.25) is 12.8 Å². The Kier molecular flexibility index (Phi) is 13.2. The van der Waals surface area contributed by atoms with Gasteiger partial charge in [0.15, 0.2) is 5.62 Å². The van der Waals surface area contributed by atoms with Crippen molar-refractivity contribution in [2.24, 2.45) is 17.8 Å². The lowest BCUT2D eigenvalue weighted by Gasteiger charge is -2.36. The first kappa shape index (κ1) is 29.5. The van der Waals surface area contributed by atoms with E-state index in [0.717, 1.165) is 39.9 Å². The molecule has 5 rings (SSSR count). The van der Waals surface area contributed by atoms with Gasteiger partial charge in [-0.15, -0.1) is 11.8 Å². The Balaban J connectivity index is 0.000000199. The third-order valence-corrected chi connectivity index (χ3v) is 8.96. The number of amides is 2. The molecule has 0 aromatic heterocycles. The molecule has 1 unspecified atom stereocenters. The van der Waals surface area contributed by atoms with Gasteiger partial charge in [-0.05, 0) is 67.7 Å². The molecule has 2 bridgehead atoms. The van der Waals surface area contributed by atoms with E-state index in [4.69, 9.17) is 5.11 Å². The van der Waals surface area contributed by atoms with Crippen LogP contribution in [0.1, 0.15) is 39.5 Å². The molecule has 194 valence electrons. The Morgan fingerprint density at radius 1 is 0.944 bits per heavy atom. The first-order chi connectivity index (χ1) is 17.6. The smallest absolute Gasteiger partial charge is 0.220 e. The van der Waals surface area contributed by atoms with Crippen LogP contribution in [-0.2, 0) is 14.4 Å². The number of para-hydroxylation sites is 2. The van der Waals surface area contributed by atoms with Crippen molar-refractivity contribution in [2.75, 3.05) is 11.9 Å². The van der Waals surface area contributed by atoms with Crippen LogP contribution in [0.5, 0.6) is 5.75 Å². The number of allylic oxidation sites excluding steroid dienone is 1. The lowest BCUT2D eigenvalue weighted by molar-refractivity contribution is -0.113. The van der Waals surface area contributed by atoms with Crippen LogP contribution in [0.3, 0.4) is 0 Å². The zero-order valence-corrected chi connectivity index (χ0v) is 22.7. The van der Waals surface area contributed by atoms with Gasteiger partial charge in [0.05, 0.1) is 10.7 Å². The third kappa shape index (κ3) is 8.17. The fraction of sp³-hybridized carbons (Fsp3) is 0.393. The number of hydrogen-bond donors (Lipinski definition) is 2. The molecule has 2 N–H and O–H groups in total. The number of rotatable bonds is 6. The molecule has 0 radical (unpaired) electrons. The van der Waals surface area contributed by atoms with Gasteiger partial charge >= 0.3 is 0 Å². The molecule has 36 heavy (non-hydrogen) atoms. The predicted octanol–water partition coefficient (Wildman–Crippen LogP) is 6.07. The number of carbonyl (C=O) groups excluding carboxylic acids is 3. The van der Waals surface area contributed by atoms with Gasteiger partial charge in [-0.2, -0.15) is 0 Å². The predicted molar refractivity (Wildman–Crippen MR) is 151 cm³/mol. The van der Waals surface area contributed by atoms with Crippen LogP contribution in [0.25, 0.3) is 0 Å². The SMILES string of the molecule is CC.CNC1=C(SC=O)C[C@H]2[C@@H]3CCC(C3)[C@H]2S1.O=CN(C=O)c1ccccc1.Oc1ccccc1. The summed E-state index contributed by atoms with van der Waals surface area (Å²) >= 11 is 3.38. The molecule has 2 aliphatic carbocycles. The molecule has 1 heterocycles. The van der Waals surface area contributed by atoms with Crippen LogP contribution >= 0.6 is 23.5 Å². The fourth-order valence-corrected chi connectivity index (χ4v) is 7.31. The zero-order valence-electron chi connectivity index (χ0n) is 21.1. The summed E-state index contributed by atoms with van der Waals surface area (Å²) in [6, 6.07) is 17.4. The lowest BCUT2D eigenvalue weighted by Crippen LogP contribution is -2.30. The molecule has 6 nitrogen and oxygen atoms in total. The Hall–Kier alpha value is -2.71. The second kappa shape index (κ2) is 16.1. The number of nitrogens with zero attached hydrogens (tertiary/aromatic N) is 1. The summed E-state index contributed by atoms with van der Waals surface area (Å²) in [4.78, 5) is 33.4. The number of aromatic hydroxyl groups is 1. The summed E-state index contributed by atoms with van der Waals surface area (Å²) in [5.41, 5.74) is 1.55. The first-order valence-corrected chi connectivity index (χ1v) is 14.0. The van der Waals surface area contributed by atoms with Crippen LogP contribution in [-0.4, -0.2) is 35.8 Å². The highest BCUT2D eigenvalue weighted by molar-refractivity contribution is 8.16. The number of fused-ring (bicyclic) bond motifs is 5. The topological polar surface area (TPSA) is 86.7 Å². The van der Waals surface area contributed by atoms with E-state index in [-0.39, 0.29) is 0 Å². The van der Waals surface area contributed by atoms with Gasteiger partial charge in [-0.3, -0.25) is 19.3 Å². The Morgan fingerprint density at radius 3 is 2.03 bits per heavy atom. The van der Waals surface area contributed by atoms with Crippen molar-refractivity contribution in [1.29, 1.82) is 0 Å². The molecule has 0 spiro atoms. The second-order valence-corrected chi connectivity index (χ2v) is 10.4. The molecule has 4 atom stereocenters. The summed E-state index contributed by atoms with van der Waals surface area (Å²) in [5, 5.41) is 14.0. The van der Waals surface area contributed by atoms with Crippen LogP contribution in [0, 0.1) is 17.8 Å². The van der Waals surface area contributed by atoms with E-state index in [1.165, 1.54) is 41.0 Å². The highest BCUT2D eigenvalue weighted by atomic mass is 32.2. The number of phenols is 1. The molecule has 2 aromatic rings. The molecule has 3 aliphatic rings. The van der Waals surface area contributed by atoms with Crippen molar-refractivity contribution >= 4 is 47.6 Å². The van der Waals surface area contributed by atoms with Crippen LogP contribution in [0.15, 0.2) is 70.6 Å². The minimum absolute atomic E-state index is 0.322. The number of imide groups is 1. The minimum atomic E-state index is 0.322. The van der Waals surface area contributed by atoms with Gasteiger partial charge in [0, 0.05) is 17.2 Å². The van der Waals surface area contributed by atoms with Crippen molar-refractivity contribution in [3.8, 4) is 5.75 Å². The normalized spacial score (nSPS) is 22.8. The Bertz CT molecular complexity index is 964. The van der Waals surface area contributed by atoms with Crippen molar-refractivity contribution in [2.45, 2.75) is 44.8 Å². The van der Waals surface area contributed by atoms with Crippen LogP contribution < -0.4 is 10.2 Å². The molecule has 1 aliphatic heterocycles. The van der Waals surface area contributed by atoms with Crippen molar-refractivity contribution in [3.05, 3.63) is 70.6 Å². The largest absolute Gasteiger partial charge is 0.508 e.